The molecule has 14 heavy (non-hydrogen) atoms. The first-order chi connectivity index (χ1) is 6.65. The van der Waals surface area contributed by atoms with E-state index in [4.69, 9.17) is 5.11 Å². The molecule has 1 aromatic carbocycles. The van der Waals surface area contributed by atoms with Gasteiger partial charge in [-0.2, -0.15) is 11.8 Å². The molecule has 1 rings (SSSR count). The number of carboxylic acids is 1. The number of aromatic carboxylic acids is 1. The highest BCUT2D eigenvalue weighted by atomic mass is 32.2. The Morgan fingerprint density at radius 2 is 2.29 bits per heavy atom. The Morgan fingerprint density at radius 1 is 1.57 bits per heavy atom. The summed E-state index contributed by atoms with van der Waals surface area (Å²) < 4.78 is 12.8. The SMILES string of the molecule is CCSCc1ccc(F)cc1C(=O)O. The molecule has 0 bridgehead atoms. The molecule has 1 aromatic rings. The van der Waals surface area contributed by atoms with Crippen LogP contribution in [0.2, 0.25) is 0 Å². The molecule has 76 valence electrons. The topological polar surface area (TPSA) is 37.3 Å². The average Bonchev–Trinajstić information content (AvgIpc) is 2.15. The maximum Gasteiger partial charge on any atom is 0.336 e. The lowest BCUT2D eigenvalue weighted by molar-refractivity contribution is 0.0695. The average molecular weight is 214 g/mol. The van der Waals surface area contributed by atoms with Crippen molar-refractivity contribution >= 4 is 17.7 Å². The maximum absolute atomic E-state index is 12.8. The Morgan fingerprint density at radius 3 is 2.86 bits per heavy atom. The van der Waals surface area contributed by atoms with E-state index in [1.807, 2.05) is 6.92 Å². The fourth-order valence-electron chi connectivity index (χ4n) is 1.09. The van der Waals surface area contributed by atoms with Gasteiger partial charge in [-0.15, -0.1) is 0 Å². The van der Waals surface area contributed by atoms with Crippen molar-refractivity contribution in [2.75, 3.05) is 5.75 Å². The molecule has 0 saturated heterocycles. The highest BCUT2D eigenvalue weighted by Crippen LogP contribution is 2.17. The van der Waals surface area contributed by atoms with Gasteiger partial charge in [0.25, 0.3) is 0 Å². The summed E-state index contributed by atoms with van der Waals surface area (Å²) in [6.07, 6.45) is 0. The van der Waals surface area contributed by atoms with Crippen LogP contribution in [0, 0.1) is 5.82 Å². The van der Waals surface area contributed by atoms with Crippen molar-refractivity contribution < 1.29 is 14.3 Å². The van der Waals surface area contributed by atoms with E-state index in [1.165, 1.54) is 12.1 Å². The van der Waals surface area contributed by atoms with Crippen molar-refractivity contribution in [3.63, 3.8) is 0 Å². The highest BCUT2D eigenvalue weighted by Gasteiger charge is 2.10. The van der Waals surface area contributed by atoms with Crippen LogP contribution in [0.15, 0.2) is 18.2 Å². The van der Waals surface area contributed by atoms with Gasteiger partial charge in [0.2, 0.25) is 0 Å². The van der Waals surface area contributed by atoms with E-state index in [9.17, 15) is 9.18 Å². The fraction of sp³-hybridized carbons (Fsp3) is 0.300. The quantitative estimate of drug-likeness (QED) is 0.837. The molecule has 0 unspecified atom stereocenters. The summed E-state index contributed by atoms with van der Waals surface area (Å²) in [5.41, 5.74) is 0.733. The van der Waals surface area contributed by atoms with Gasteiger partial charge in [0.1, 0.15) is 5.82 Å². The Bertz CT molecular complexity index is 339. The van der Waals surface area contributed by atoms with Crippen LogP contribution < -0.4 is 0 Å². The summed E-state index contributed by atoms with van der Waals surface area (Å²) in [4.78, 5) is 10.8. The second-order valence-corrected chi connectivity index (χ2v) is 4.02. The number of halogens is 1. The van der Waals surface area contributed by atoms with Crippen molar-refractivity contribution in [3.05, 3.63) is 35.1 Å². The van der Waals surface area contributed by atoms with Crippen molar-refractivity contribution in [3.8, 4) is 0 Å². The standard InChI is InChI=1S/C10H11FO2S/c1-2-14-6-7-3-4-8(11)5-9(7)10(12)13/h3-5H,2,6H2,1H3,(H,12,13). The van der Waals surface area contributed by atoms with E-state index in [2.05, 4.69) is 0 Å². The number of benzene rings is 1. The van der Waals surface area contributed by atoms with Gasteiger partial charge in [0.05, 0.1) is 5.56 Å². The molecule has 0 amide bonds. The van der Waals surface area contributed by atoms with E-state index >= 15 is 0 Å². The van der Waals surface area contributed by atoms with Gasteiger partial charge < -0.3 is 5.11 Å². The first-order valence-corrected chi connectivity index (χ1v) is 5.40. The van der Waals surface area contributed by atoms with Crippen LogP contribution in [0.25, 0.3) is 0 Å². The van der Waals surface area contributed by atoms with Crippen LogP contribution in [0.1, 0.15) is 22.8 Å². The third-order valence-electron chi connectivity index (χ3n) is 1.76. The number of carbonyl (C=O) groups is 1. The second kappa shape index (κ2) is 5.00. The zero-order chi connectivity index (χ0) is 10.6. The van der Waals surface area contributed by atoms with Crippen LogP contribution in [0.5, 0.6) is 0 Å². The molecule has 0 spiro atoms. The Kier molecular flexibility index (Phi) is 3.95. The van der Waals surface area contributed by atoms with E-state index < -0.39 is 11.8 Å². The number of hydrogen-bond donors (Lipinski definition) is 1. The maximum atomic E-state index is 12.8. The third kappa shape index (κ3) is 2.73. The predicted molar refractivity (Wildman–Crippen MR) is 55.2 cm³/mol. The first kappa shape index (κ1) is 11.0. The Balaban J connectivity index is 2.96. The van der Waals surface area contributed by atoms with Crippen molar-refractivity contribution in [2.45, 2.75) is 12.7 Å². The van der Waals surface area contributed by atoms with Gasteiger partial charge in [0.15, 0.2) is 0 Å². The lowest BCUT2D eigenvalue weighted by Crippen LogP contribution is -2.02. The molecule has 0 aromatic heterocycles. The zero-order valence-electron chi connectivity index (χ0n) is 7.79. The molecule has 0 heterocycles. The molecule has 4 heteroatoms. The van der Waals surface area contributed by atoms with Gasteiger partial charge in [-0.05, 0) is 23.4 Å². The summed E-state index contributed by atoms with van der Waals surface area (Å²) in [5.74, 6) is -0.0571. The summed E-state index contributed by atoms with van der Waals surface area (Å²) in [6.45, 7) is 1.99. The lowest BCUT2D eigenvalue weighted by Gasteiger charge is -2.04. The summed E-state index contributed by atoms with van der Waals surface area (Å²) in [6, 6.07) is 3.88. The number of carboxylic acid groups (broad SMARTS) is 1. The smallest absolute Gasteiger partial charge is 0.336 e. The van der Waals surface area contributed by atoms with E-state index in [-0.39, 0.29) is 5.56 Å². The molecule has 0 aliphatic carbocycles. The predicted octanol–water partition coefficient (Wildman–Crippen LogP) is 2.78. The highest BCUT2D eigenvalue weighted by molar-refractivity contribution is 7.98. The Hall–Kier alpha value is -1.03. The van der Waals surface area contributed by atoms with Crippen LogP contribution in [-0.4, -0.2) is 16.8 Å². The number of hydrogen-bond acceptors (Lipinski definition) is 2. The van der Waals surface area contributed by atoms with Gasteiger partial charge in [-0.25, -0.2) is 9.18 Å². The molecular formula is C10H11FO2S. The molecule has 0 atom stereocenters. The third-order valence-corrected chi connectivity index (χ3v) is 2.69. The first-order valence-electron chi connectivity index (χ1n) is 4.24. The molecule has 2 nitrogen and oxygen atoms in total. The minimum atomic E-state index is -1.07. The normalized spacial score (nSPS) is 10.1. The van der Waals surface area contributed by atoms with Gasteiger partial charge >= 0.3 is 5.97 Å². The monoisotopic (exact) mass is 214 g/mol. The molecule has 0 radical (unpaired) electrons. The molecule has 1 N–H and O–H groups in total. The zero-order valence-corrected chi connectivity index (χ0v) is 8.60. The Labute approximate surface area is 86.1 Å². The molecule has 0 aliphatic rings. The van der Waals surface area contributed by atoms with Crippen molar-refractivity contribution in [1.82, 2.24) is 0 Å². The van der Waals surface area contributed by atoms with Gasteiger partial charge in [-0.3, -0.25) is 0 Å². The van der Waals surface area contributed by atoms with Gasteiger partial charge in [-0.1, -0.05) is 13.0 Å². The van der Waals surface area contributed by atoms with E-state index in [0.717, 1.165) is 11.8 Å². The summed E-state index contributed by atoms with van der Waals surface area (Å²) in [5, 5.41) is 8.81. The van der Waals surface area contributed by atoms with Crippen LogP contribution >= 0.6 is 11.8 Å². The summed E-state index contributed by atoms with van der Waals surface area (Å²) in [7, 11) is 0. The number of thioether (sulfide) groups is 1. The van der Waals surface area contributed by atoms with Crippen LogP contribution in [0.3, 0.4) is 0 Å². The fourth-order valence-corrected chi connectivity index (χ4v) is 1.76. The van der Waals surface area contributed by atoms with Crippen molar-refractivity contribution in [2.24, 2.45) is 0 Å². The van der Waals surface area contributed by atoms with Crippen LogP contribution in [-0.2, 0) is 5.75 Å². The largest absolute Gasteiger partial charge is 0.478 e. The lowest BCUT2D eigenvalue weighted by atomic mass is 10.1. The summed E-state index contributed by atoms with van der Waals surface area (Å²) >= 11 is 1.61. The minimum Gasteiger partial charge on any atom is -0.478 e. The van der Waals surface area contributed by atoms with E-state index in [1.54, 1.807) is 11.8 Å². The second-order valence-electron chi connectivity index (χ2n) is 2.74. The van der Waals surface area contributed by atoms with Crippen molar-refractivity contribution in [1.29, 1.82) is 0 Å². The molecule has 0 aliphatic heterocycles. The van der Waals surface area contributed by atoms with E-state index in [0.29, 0.717) is 11.3 Å². The van der Waals surface area contributed by atoms with Gasteiger partial charge in [0, 0.05) is 5.75 Å². The number of rotatable bonds is 4. The molecular weight excluding hydrogens is 203 g/mol. The van der Waals surface area contributed by atoms with Crippen LogP contribution in [0.4, 0.5) is 4.39 Å². The minimum absolute atomic E-state index is 0.0611. The molecule has 0 saturated carbocycles. The molecule has 0 fully saturated rings.